The summed E-state index contributed by atoms with van der Waals surface area (Å²) < 4.78 is 6.00. The number of nitrogens with zero attached hydrogens (tertiary/aromatic N) is 1. The van der Waals surface area contributed by atoms with Crippen molar-refractivity contribution in [1.29, 1.82) is 0 Å². The minimum Gasteiger partial charge on any atom is -0.490 e. The number of ether oxygens (including phenoxy) is 1. The van der Waals surface area contributed by atoms with Crippen molar-refractivity contribution in [3.8, 4) is 5.75 Å². The molecule has 0 radical (unpaired) electrons. The van der Waals surface area contributed by atoms with Crippen LogP contribution in [-0.4, -0.2) is 22.8 Å². The zero-order valence-corrected chi connectivity index (χ0v) is 15.1. The van der Waals surface area contributed by atoms with E-state index in [-0.39, 0.29) is 11.7 Å². The van der Waals surface area contributed by atoms with Gasteiger partial charge in [-0.2, -0.15) is 0 Å². The molecular formula is C19H22N2O3S. The molecule has 1 aliphatic carbocycles. The highest BCUT2D eigenvalue weighted by molar-refractivity contribution is 7.14. The van der Waals surface area contributed by atoms with Gasteiger partial charge in [0.25, 0.3) is 0 Å². The number of amides is 1. The van der Waals surface area contributed by atoms with E-state index in [0.717, 1.165) is 24.2 Å². The number of rotatable bonds is 7. The summed E-state index contributed by atoms with van der Waals surface area (Å²) in [5.41, 5.74) is 1.46. The van der Waals surface area contributed by atoms with Gasteiger partial charge in [0.1, 0.15) is 11.4 Å². The molecule has 2 aromatic rings. The summed E-state index contributed by atoms with van der Waals surface area (Å²) in [6.07, 6.45) is 6.07. The molecule has 0 saturated heterocycles. The first kappa shape index (κ1) is 17.6. The molecule has 1 amide bonds. The van der Waals surface area contributed by atoms with Crippen LogP contribution in [0.4, 0.5) is 5.13 Å². The summed E-state index contributed by atoms with van der Waals surface area (Å²) in [4.78, 5) is 27.4. The lowest BCUT2D eigenvalue weighted by Crippen LogP contribution is -2.13. The van der Waals surface area contributed by atoms with E-state index in [2.05, 4.69) is 10.3 Å². The van der Waals surface area contributed by atoms with Crippen molar-refractivity contribution in [3.63, 3.8) is 0 Å². The van der Waals surface area contributed by atoms with Crippen molar-refractivity contribution in [1.82, 2.24) is 4.98 Å². The van der Waals surface area contributed by atoms with Gasteiger partial charge >= 0.3 is 0 Å². The number of hydrogen-bond acceptors (Lipinski definition) is 5. The maximum atomic E-state index is 12.1. The number of aromatic nitrogens is 1. The standard InChI is InChI=1S/C19H22N2O3S/c1-13(22)17-12-25-19(20-17)21-18(23)10-9-14-5-4-8-16(11-14)24-15-6-2-3-7-15/h4-5,8,11-12,15H,2-3,6-7,9-10H2,1H3,(H,20,21,23). The first-order chi connectivity index (χ1) is 12.1. The third-order valence-electron chi connectivity index (χ3n) is 4.26. The second kappa shape index (κ2) is 8.25. The Labute approximate surface area is 151 Å². The lowest BCUT2D eigenvalue weighted by molar-refractivity contribution is -0.116. The topological polar surface area (TPSA) is 68.3 Å². The molecule has 3 rings (SSSR count). The summed E-state index contributed by atoms with van der Waals surface area (Å²) in [7, 11) is 0. The van der Waals surface area contributed by atoms with E-state index < -0.39 is 0 Å². The van der Waals surface area contributed by atoms with E-state index in [1.807, 2.05) is 24.3 Å². The lowest BCUT2D eigenvalue weighted by Gasteiger charge is -2.13. The molecule has 1 aromatic carbocycles. The molecule has 1 fully saturated rings. The van der Waals surface area contributed by atoms with Crippen molar-refractivity contribution in [3.05, 3.63) is 40.9 Å². The van der Waals surface area contributed by atoms with Crippen LogP contribution in [-0.2, 0) is 11.2 Å². The van der Waals surface area contributed by atoms with Crippen LogP contribution >= 0.6 is 11.3 Å². The largest absolute Gasteiger partial charge is 0.490 e. The number of benzene rings is 1. The fraction of sp³-hybridized carbons (Fsp3) is 0.421. The predicted molar refractivity (Wildman–Crippen MR) is 98.4 cm³/mol. The van der Waals surface area contributed by atoms with Gasteiger partial charge in [-0.1, -0.05) is 12.1 Å². The molecule has 0 spiro atoms. The van der Waals surface area contributed by atoms with Crippen molar-refractivity contribution >= 4 is 28.2 Å². The van der Waals surface area contributed by atoms with E-state index in [1.165, 1.54) is 31.1 Å². The molecular weight excluding hydrogens is 336 g/mol. The molecule has 1 heterocycles. The van der Waals surface area contributed by atoms with Crippen molar-refractivity contribution in [2.75, 3.05) is 5.32 Å². The number of carbonyl (C=O) groups excluding carboxylic acids is 2. The third-order valence-corrected chi connectivity index (χ3v) is 5.01. The molecule has 1 aliphatic rings. The van der Waals surface area contributed by atoms with Gasteiger partial charge < -0.3 is 10.1 Å². The number of thiazole rings is 1. The lowest BCUT2D eigenvalue weighted by atomic mass is 10.1. The average Bonchev–Trinajstić information content (AvgIpc) is 3.25. The van der Waals surface area contributed by atoms with E-state index in [9.17, 15) is 9.59 Å². The minimum absolute atomic E-state index is 0.101. The highest BCUT2D eigenvalue weighted by Gasteiger charge is 2.16. The van der Waals surface area contributed by atoms with Crippen molar-refractivity contribution in [2.45, 2.75) is 51.6 Å². The Morgan fingerprint density at radius 3 is 2.84 bits per heavy atom. The highest BCUT2D eigenvalue weighted by Crippen LogP contribution is 2.25. The maximum absolute atomic E-state index is 12.1. The van der Waals surface area contributed by atoms with Crippen LogP contribution in [0.1, 0.15) is 55.1 Å². The minimum atomic E-state index is -0.105. The highest BCUT2D eigenvalue weighted by atomic mass is 32.1. The predicted octanol–water partition coefficient (Wildman–Crippen LogP) is 4.24. The van der Waals surface area contributed by atoms with Crippen LogP contribution in [0.25, 0.3) is 0 Å². The summed E-state index contributed by atoms with van der Waals surface area (Å²) in [6.45, 7) is 1.46. The van der Waals surface area contributed by atoms with Gasteiger partial charge in [0.2, 0.25) is 5.91 Å². The Morgan fingerprint density at radius 2 is 2.12 bits per heavy atom. The Kier molecular flexibility index (Phi) is 5.81. The van der Waals surface area contributed by atoms with E-state index in [0.29, 0.717) is 29.8 Å². The van der Waals surface area contributed by atoms with Gasteiger partial charge in [-0.3, -0.25) is 9.59 Å². The van der Waals surface area contributed by atoms with Crippen molar-refractivity contribution in [2.24, 2.45) is 0 Å². The molecule has 0 atom stereocenters. The second-order valence-electron chi connectivity index (χ2n) is 6.31. The quantitative estimate of drug-likeness (QED) is 0.752. The first-order valence-electron chi connectivity index (χ1n) is 8.62. The maximum Gasteiger partial charge on any atom is 0.226 e. The summed E-state index contributed by atoms with van der Waals surface area (Å²) in [6, 6.07) is 7.97. The monoisotopic (exact) mass is 358 g/mol. The summed E-state index contributed by atoms with van der Waals surface area (Å²) >= 11 is 1.26. The molecule has 1 N–H and O–H groups in total. The van der Waals surface area contributed by atoms with Crippen LogP contribution in [0, 0.1) is 0 Å². The molecule has 1 aromatic heterocycles. The van der Waals surface area contributed by atoms with Crippen LogP contribution in [0.15, 0.2) is 29.6 Å². The second-order valence-corrected chi connectivity index (χ2v) is 7.17. The fourth-order valence-corrected chi connectivity index (χ4v) is 3.67. The Bertz CT molecular complexity index is 751. The van der Waals surface area contributed by atoms with Gasteiger partial charge in [-0.05, 0) is 49.8 Å². The van der Waals surface area contributed by atoms with Gasteiger partial charge in [0.05, 0.1) is 6.10 Å². The zero-order chi connectivity index (χ0) is 17.6. The molecule has 5 nitrogen and oxygen atoms in total. The van der Waals surface area contributed by atoms with Gasteiger partial charge in [-0.15, -0.1) is 11.3 Å². The molecule has 0 unspecified atom stereocenters. The Morgan fingerprint density at radius 1 is 1.32 bits per heavy atom. The van der Waals surface area contributed by atoms with Gasteiger partial charge in [0.15, 0.2) is 10.9 Å². The SMILES string of the molecule is CC(=O)c1csc(NC(=O)CCc2cccc(OC3CCCC3)c2)n1. The normalized spacial score (nSPS) is 14.4. The Hall–Kier alpha value is -2.21. The number of Topliss-reactive ketones (excluding diaryl/α,β-unsaturated/α-hetero) is 1. The summed E-state index contributed by atoms with van der Waals surface area (Å²) in [5.74, 6) is 0.679. The van der Waals surface area contributed by atoms with E-state index >= 15 is 0 Å². The van der Waals surface area contributed by atoms with Crippen LogP contribution < -0.4 is 10.1 Å². The van der Waals surface area contributed by atoms with Crippen molar-refractivity contribution < 1.29 is 14.3 Å². The van der Waals surface area contributed by atoms with Crippen LogP contribution in [0.2, 0.25) is 0 Å². The van der Waals surface area contributed by atoms with Gasteiger partial charge in [-0.25, -0.2) is 4.98 Å². The molecule has 1 saturated carbocycles. The Balaban J connectivity index is 1.50. The number of anilines is 1. The molecule has 6 heteroatoms. The fourth-order valence-electron chi connectivity index (χ4n) is 2.91. The number of carbonyl (C=O) groups is 2. The zero-order valence-electron chi connectivity index (χ0n) is 14.3. The first-order valence-corrected chi connectivity index (χ1v) is 9.50. The third kappa shape index (κ3) is 5.13. The van der Waals surface area contributed by atoms with E-state index in [1.54, 1.807) is 5.38 Å². The molecule has 0 bridgehead atoms. The van der Waals surface area contributed by atoms with Crippen LogP contribution in [0.5, 0.6) is 5.75 Å². The summed E-state index contributed by atoms with van der Waals surface area (Å²) in [5, 5.41) is 4.87. The number of nitrogens with one attached hydrogen (secondary N) is 1. The molecule has 132 valence electrons. The number of aryl methyl sites for hydroxylation is 1. The number of hydrogen-bond donors (Lipinski definition) is 1. The van der Waals surface area contributed by atoms with E-state index in [4.69, 9.17) is 4.74 Å². The van der Waals surface area contributed by atoms with Gasteiger partial charge in [0, 0.05) is 18.7 Å². The van der Waals surface area contributed by atoms with Crippen LogP contribution in [0.3, 0.4) is 0 Å². The average molecular weight is 358 g/mol. The smallest absolute Gasteiger partial charge is 0.226 e. The molecule has 0 aliphatic heterocycles. The number of ketones is 1. The molecule has 25 heavy (non-hydrogen) atoms.